The fraction of sp³-hybridized carbons (Fsp3) is 0.500. The number of allylic oxidation sites excluding steroid dienone is 2. The van der Waals surface area contributed by atoms with Crippen LogP contribution in [0.2, 0.25) is 0 Å². The first-order chi connectivity index (χ1) is 9.83. The zero-order chi connectivity index (χ0) is 13.8. The lowest BCUT2D eigenvalue weighted by Crippen LogP contribution is -2.42. The Hall–Kier alpha value is -1.41. The van der Waals surface area contributed by atoms with Crippen LogP contribution in [0.15, 0.2) is 42.0 Å². The van der Waals surface area contributed by atoms with Crippen LogP contribution in [0.5, 0.6) is 0 Å². The number of carbonyl (C=O) groups is 1. The molecule has 0 radical (unpaired) electrons. The number of carbonyl (C=O) groups excluding carboxylic acids is 1. The molecule has 1 aliphatic heterocycles. The minimum atomic E-state index is -0.345. The largest absolute Gasteiger partial charge is 0.381 e. The summed E-state index contributed by atoms with van der Waals surface area (Å²) < 4.78 is 5.51. The summed E-state index contributed by atoms with van der Waals surface area (Å²) >= 11 is 0. The topological polar surface area (TPSA) is 26.3 Å². The van der Waals surface area contributed by atoms with Gasteiger partial charge in [0.15, 0.2) is 5.78 Å². The molecule has 1 aromatic carbocycles. The summed E-state index contributed by atoms with van der Waals surface area (Å²) in [4.78, 5) is 13.2. The van der Waals surface area contributed by atoms with E-state index in [2.05, 4.69) is 18.2 Å². The second-order valence-corrected chi connectivity index (χ2v) is 5.86. The van der Waals surface area contributed by atoms with Gasteiger partial charge in [-0.2, -0.15) is 0 Å². The van der Waals surface area contributed by atoms with E-state index in [0.29, 0.717) is 19.0 Å². The van der Waals surface area contributed by atoms with Gasteiger partial charge in [-0.1, -0.05) is 36.4 Å². The number of hydrogen-bond acceptors (Lipinski definition) is 2. The molecule has 2 nitrogen and oxygen atoms in total. The molecule has 1 aromatic rings. The van der Waals surface area contributed by atoms with Gasteiger partial charge >= 0.3 is 0 Å². The zero-order valence-electron chi connectivity index (χ0n) is 11.9. The molecule has 2 aliphatic rings. The van der Waals surface area contributed by atoms with Crippen molar-refractivity contribution in [2.24, 2.45) is 0 Å². The molecule has 0 atom stereocenters. The van der Waals surface area contributed by atoms with Gasteiger partial charge in [-0.3, -0.25) is 4.79 Å². The smallest absolute Gasteiger partial charge is 0.169 e. The summed E-state index contributed by atoms with van der Waals surface area (Å²) in [6.07, 6.45) is 8.18. The molecule has 0 saturated carbocycles. The summed E-state index contributed by atoms with van der Waals surface area (Å²) in [5, 5.41) is 0. The maximum absolute atomic E-state index is 13.2. The van der Waals surface area contributed by atoms with Gasteiger partial charge in [0, 0.05) is 13.2 Å². The minimum absolute atomic E-state index is 0.345. The van der Waals surface area contributed by atoms with E-state index in [0.717, 1.165) is 37.7 Å². The lowest BCUT2D eigenvalue weighted by atomic mass is 9.68. The van der Waals surface area contributed by atoms with E-state index in [4.69, 9.17) is 4.74 Å². The second-order valence-electron chi connectivity index (χ2n) is 5.86. The Morgan fingerprint density at radius 1 is 1.05 bits per heavy atom. The molecule has 3 rings (SSSR count). The molecule has 106 valence electrons. The van der Waals surface area contributed by atoms with Crippen molar-refractivity contribution in [1.82, 2.24) is 0 Å². The Balaban J connectivity index is 1.97. The average molecular weight is 270 g/mol. The van der Waals surface area contributed by atoms with Gasteiger partial charge in [-0.15, -0.1) is 0 Å². The van der Waals surface area contributed by atoms with E-state index in [1.54, 1.807) is 0 Å². The molecular formula is C18H22O2. The predicted octanol–water partition coefficient (Wildman–Crippen LogP) is 3.80. The van der Waals surface area contributed by atoms with Crippen LogP contribution in [0.4, 0.5) is 0 Å². The van der Waals surface area contributed by atoms with Crippen LogP contribution in [-0.2, 0) is 14.9 Å². The Morgan fingerprint density at radius 2 is 1.80 bits per heavy atom. The van der Waals surface area contributed by atoms with Crippen LogP contribution in [-0.4, -0.2) is 19.0 Å². The molecule has 0 bridgehead atoms. The average Bonchev–Trinajstić information content (AvgIpc) is 2.56. The summed E-state index contributed by atoms with van der Waals surface area (Å²) in [6, 6.07) is 10.3. The van der Waals surface area contributed by atoms with Crippen LogP contribution in [0, 0.1) is 0 Å². The molecular weight excluding hydrogens is 248 g/mol. The van der Waals surface area contributed by atoms with E-state index >= 15 is 0 Å². The second kappa shape index (κ2) is 5.92. The number of hydrogen-bond donors (Lipinski definition) is 0. The number of benzene rings is 1. The third-order valence-electron chi connectivity index (χ3n) is 4.69. The molecule has 1 saturated heterocycles. The van der Waals surface area contributed by atoms with Crippen LogP contribution in [0.3, 0.4) is 0 Å². The first kappa shape index (κ1) is 13.6. The highest BCUT2D eigenvalue weighted by Gasteiger charge is 2.42. The highest BCUT2D eigenvalue weighted by molar-refractivity contribution is 6.03. The summed E-state index contributed by atoms with van der Waals surface area (Å²) in [5.41, 5.74) is 1.88. The van der Waals surface area contributed by atoms with Crippen molar-refractivity contribution >= 4 is 5.78 Å². The summed E-state index contributed by atoms with van der Waals surface area (Å²) in [7, 11) is 0. The monoisotopic (exact) mass is 270 g/mol. The van der Waals surface area contributed by atoms with Gasteiger partial charge in [0.05, 0.1) is 5.41 Å². The third-order valence-corrected chi connectivity index (χ3v) is 4.69. The van der Waals surface area contributed by atoms with Crippen molar-refractivity contribution in [3.8, 4) is 0 Å². The highest BCUT2D eigenvalue weighted by Crippen LogP contribution is 2.39. The molecule has 0 spiro atoms. The fourth-order valence-electron chi connectivity index (χ4n) is 3.48. The van der Waals surface area contributed by atoms with Crippen molar-refractivity contribution in [3.63, 3.8) is 0 Å². The van der Waals surface area contributed by atoms with E-state index < -0.39 is 0 Å². The first-order valence-electron chi connectivity index (χ1n) is 7.70. The maximum Gasteiger partial charge on any atom is 0.169 e. The lowest BCUT2D eigenvalue weighted by Gasteiger charge is -2.37. The standard InChI is InChI=1S/C18H22O2/c19-17(15-7-3-1-4-8-15)18(11-13-20-14-12-18)16-9-5-2-6-10-16/h2,5-7,9-10H,1,3-4,8,11-14H2. The summed E-state index contributed by atoms with van der Waals surface area (Å²) in [6.45, 7) is 1.38. The number of ketones is 1. The number of ether oxygens (including phenoxy) is 1. The molecule has 0 N–H and O–H groups in total. The molecule has 2 heteroatoms. The quantitative estimate of drug-likeness (QED) is 0.835. The third kappa shape index (κ3) is 2.45. The van der Waals surface area contributed by atoms with Crippen molar-refractivity contribution in [2.75, 3.05) is 13.2 Å². The van der Waals surface area contributed by atoms with Crippen LogP contribution in [0.25, 0.3) is 0 Å². The van der Waals surface area contributed by atoms with Crippen molar-refractivity contribution in [1.29, 1.82) is 0 Å². The molecule has 1 aliphatic carbocycles. The van der Waals surface area contributed by atoms with Gasteiger partial charge in [-0.05, 0) is 49.7 Å². The summed E-state index contributed by atoms with van der Waals surface area (Å²) in [5.74, 6) is 0.353. The lowest BCUT2D eigenvalue weighted by molar-refractivity contribution is -0.124. The SMILES string of the molecule is O=C(C1=CCCCC1)C1(c2ccccc2)CCOCC1. The number of Topliss-reactive ketones (excluding diaryl/α,β-unsaturated/α-hetero) is 1. The Labute approximate surface area is 120 Å². The van der Waals surface area contributed by atoms with Gasteiger partial charge in [-0.25, -0.2) is 0 Å². The van der Waals surface area contributed by atoms with E-state index in [1.165, 1.54) is 12.0 Å². The van der Waals surface area contributed by atoms with Crippen molar-refractivity contribution in [3.05, 3.63) is 47.5 Å². The molecule has 0 amide bonds. The molecule has 1 heterocycles. The van der Waals surface area contributed by atoms with Crippen LogP contribution >= 0.6 is 0 Å². The normalized spacial score (nSPS) is 22.1. The van der Waals surface area contributed by atoms with Gasteiger partial charge in [0.2, 0.25) is 0 Å². The highest BCUT2D eigenvalue weighted by atomic mass is 16.5. The van der Waals surface area contributed by atoms with Crippen molar-refractivity contribution in [2.45, 2.75) is 43.9 Å². The Morgan fingerprint density at radius 3 is 2.45 bits per heavy atom. The minimum Gasteiger partial charge on any atom is -0.381 e. The van der Waals surface area contributed by atoms with Crippen LogP contribution < -0.4 is 0 Å². The number of rotatable bonds is 3. The van der Waals surface area contributed by atoms with Crippen molar-refractivity contribution < 1.29 is 9.53 Å². The fourth-order valence-corrected chi connectivity index (χ4v) is 3.48. The van der Waals surface area contributed by atoms with E-state index in [9.17, 15) is 4.79 Å². The van der Waals surface area contributed by atoms with Crippen LogP contribution in [0.1, 0.15) is 44.1 Å². The van der Waals surface area contributed by atoms with E-state index in [-0.39, 0.29) is 5.41 Å². The van der Waals surface area contributed by atoms with Gasteiger partial charge < -0.3 is 4.74 Å². The zero-order valence-corrected chi connectivity index (χ0v) is 11.9. The predicted molar refractivity (Wildman–Crippen MR) is 79.7 cm³/mol. The van der Waals surface area contributed by atoms with Gasteiger partial charge in [0.1, 0.15) is 0 Å². The van der Waals surface area contributed by atoms with Gasteiger partial charge in [0.25, 0.3) is 0 Å². The van der Waals surface area contributed by atoms with E-state index in [1.807, 2.05) is 18.2 Å². The molecule has 0 aromatic heterocycles. The molecule has 1 fully saturated rings. The Kier molecular flexibility index (Phi) is 4.02. The molecule has 0 unspecified atom stereocenters. The first-order valence-corrected chi connectivity index (χ1v) is 7.70. The Bertz CT molecular complexity index is 495. The molecule has 20 heavy (non-hydrogen) atoms. The maximum atomic E-state index is 13.2.